The van der Waals surface area contributed by atoms with Crippen LogP contribution in [0.1, 0.15) is 5.56 Å². The van der Waals surface area contributed by atoms with Gasteiger partial charge in [0.15, 0.2) is 5.82 Å². The number of nitrogens with zero attached hydrogens (tertiary/aromatic N) is 2. The Bertz CT molecular complexity index is 929. The number of methoxy groups -OCH3 is 1. The van der Waals surface area contributed by atoms with Crippen LogP contribution in [-0.4, -0.2) is 16.8 Å². The fourth-order valence-electron chi connectivity index (χ4n) is 2.29. The molecule has 2 aromatic carbocycles. The lowest BCUT2D eigenvalue weighted by atomic mass is 10.1. The molecule has 0 radical (unpaired) electrons. The maximum Gasteiger partial charge on any atom is 0.446 e. The first-order valence-corrected chi connectivity index (χ1v) is 6.81. The molecule has 5 nitrogen and oxygen atoms in total. The van der Waals surface area contributed by atoms with Crippen LogP contribution in [0.15, 0.2) is 57.8 Å². The number of ether oxygens (including phenoxy) is 1. The highest BCUT2D eigenvalue weighted by Gasteiger charge is 2.31. The van der Waals surface area contributed by atoms with Gasteiger partial charge in [-0.1, -0.05) is 29.4 Å². The molecule has 0 N–H and O–H groups in total. The van der Waals surface area contributed by atoms with E-state index in [1.54, 1.807) is 24.3 Å². The number of halogens is 3. The SMILES string of the molecule is COc1ccccc1-n1c(-c2cccc(C(F)(F)F)c2)noc1=O. The molecule has 24 heavy (non-hydrogen) atoms. The van der Waals surface area contributed by atoms with E-state index in [1.165, 1.54) is 19.2 Å². The summed E-state index contributed by atoms with van der Waals surface area (Å²) in [6.07, 6.45) is -4.50. The average molecular weight is 336 g/mol. The van der Waals surface area contributed by atoms with Crippen molar-refractivity contribution in [3.8, 4) is 22.8 Å². The Hall–Kier alpha value is -3.03. The number of alkyl halides is 3. The lowest BCUT2D eigenvalue weighted by molar-refractivity contribution is -0.137. The van der Waals surface area contributed by atoms with Crippen molar-refractivity contribution >= 4 is 0 Å². The number of aromatic nitrogens is 2. The highest BCUT2D eigenvalue weighted by atomic mass is 19.4. The zero-order valence-corrected chi connectivity index (χ0v) is 12.4. The Labute approximate surface area is 133 Å². The molecule has 8 heteroatoms. The van der Waals surface area contributed by atoms with Crippen LogP contribution in [0.2, 0.25) is 0 Å². The molecule has 3 rings (SSSR count). The van der Waals surface area contributed by atoms with Crippen LogP contribution >= 0.6 is 0 Å². The maximum absolute atomic E-state index is 12.9. The molecule has 0 aliphatic heterocycles. The lowest BCUT2D eigenvalue weighted by Crippen LogP contribution is -2.14. The predicted octanol–water partition coefficient (Wildman–Crippen LogP) is 3.52. The molecule has 0 saturated heterocycles. The molecule has 0 amide bonds. The molecule has 0 saturated carbocycles. The molecule has 3 aromatic rings. The molecule has 0 unspecified atom stereocenters. The molecule has 0 atom stereocenters. The zero-order valence-electron chi connectivity index (χ0n) is 12.4. The van der Waals surface area contributed by atoms with Gasteiger partial charge in [0.2, 0.25) is 0 Å². The van der Waals surface area contributed by atoms with Crippen molar-refractivity contribution < 1.29 is 22.4 Å². The van der Waals surface area contributed by atoms with Gasteiger partial charge in [0.25, 0.3) is 0 Å². The summed E-state index contributed by atoms with van der Waals surface area (Å²) in [6, 6.07) is 11.1. The number of hydrogen-bond donors (Lipinski definition) is 0. The van der Waals surface area contributed by atoms with Crippen LogP contribution in [0.3, 0.4) is 0 Å². The van der Waals surface area contributed by atoms with Crippen molar-refractivity contribution in [1.82, 2.24) is 9.72 Å². The minimum absolute atomic E-state index is 0.0457. The molecule has 1 aromatic heterocycles. The second kappa shape index (κ2) is 5.88. The minimum atomic E-state index is -4.50. The van der Waals surface area contributed by atoms with Gasteiger partial charge in [-0.25, -0.2) is 9.36 Å². The van der Waals surface area contributed by atoms with Crippen molar-refractivity contribution in [3.05, 3.63) is 64.6 Å². The number of para-hydroxylation sites is 2. The largest absolute Gasteiger partial charge is 0.495 e. The van der Waals surface area contributed by atoms with E-state index >= 15 is 0 Å². The summed E-state index contributed by atoms with van der Waals surface area (Å²) in [5.41, 5.74) is -0.428. The third-order valence-electron chi connectivity index (χ3n) is 3.38. The first kappa shape index (κ1) is 15.9. The predicted molar refractivity (Wildman–Crippen MR) is 79.1 cm³/mol. The van der Waals surface area contributed by atoms with E-state index in [0.717, 1.165) is 16.7 Å². The lowest BCUT2D eigenvalue weighted by Gasteiger charge is -2.11. The van der Waals surface area contributed by atoms with E-state index < -0.39 is 17.5 Å². The summed E-state index contributed by atoms with van der Waals surface area (Å²) in [5, 5.41) is 3.61. The summed E-state index contributed by atoms with van der Waals surface area (Å²) in [4.78, 5) is 12.0. The molecule has 0 aliphatic carbocycles. The quantitative estimate of drug-likeness (QED) is 0.734. The smallest absolute Gasteiger partial charge is 0.446 e. The zero-order chi connectivity index (χ0) is 17.3. The number of rotatable bonds is 3. The summed E-state index contributed by atoms with van der Waals surface area (Å²) < 4.78 is 49.6. The Morgan fingerprint density at radius 2 is 1.88 bits per heavy atom. The highest BCUT2D eigenvalue weighted by molar-refractivity contribution is 5.61. The van der Waals surface area contributed by atoms with Gasteiger partial charge < -0.3 is 4.74 Å². The highest BCUT2D eigenvalue weighted by Crippen LogP contribution is 2.32. The van der Waals surface area contributed by atoms with Crippen LogP contribution in [0, 0.1) is 0 Å². The first-order valence-electron chi connectivity index (χ1n) is 6.81. The van der Waals surface area contributed by atoms with Crippen LogP contribution in [0.4, 0.5) is 13.2 Å². The summed E-state index contributed by atoms with van der Waals surface area (Å²) in [6.45, 7) is 0. The van der Waals surface area contributed by atoms with Gasteiger partial charge in [-0.15, -0.1) is 0 Å². The van der Waals surface area contributed by atoms with Gasteiger partial charge in [0, 0.05) is 5.56 Å². The molecular weight excluding hydrogens is 325 g/mol. The molecule has 1 heterocycles. The van der Waals surface area contributed by atoms with Gasteiger partial charge in [-0.05, 0) is 24.3 Å². The van der Waals surface area contributed by atoms with Crippen LogP contribution in [0.5, 0.6) is 5.75 Å². The Kier molecular flexibility index (Phi) is 3.88. The molecule has 0 aliphatic rings. The van der Waals surface area contributed by atoms with Crippen molar-refractivity contribution in [2.75, 3.05) is 7.11 Å². The van der Waals surface area contributed by atoms with Gasteiger partial charge in [-0.2, -0.15) is 13.2 Å². The third kappa shape index (κ3) is 2.78. The minimum Gasteiger partial charge on any atom is -0.495 e. The molecule has 124 valence electrons. The van der Waals surface area contributed by atoms with Gasteiger partial charge in [-0.3, -0.25) is 4.52 Å². The summed E-state index contributed by atoms with van der Waals surface area (Å²) in [5.74, 6) is -0.515. The topological polar surface area (TPSA) is 57.3 Å². The maximum atomic E-state index is 12.9. The van der Waals surface area contributed by atoms with Crippen molar-refractivity contribution in [2.45, 2.75) is 6.18 Å². The molecule has 0 bridgehead atoms. The van der Waals surface area contributed by atoms with Crippen molar-refractivity contribution in [3.63, 3.8) is 0 Å². The van der Waals surface area contributed by atoms with Crippen LogP contribution in [-0.2, 0) is 6.18 Å². The van der Waals surface area contributed by atoms with E-state index in [4.69, 9.17) is 4.74 Å². The standard InChI is InChI=1S/C16H11F3N2O3/c1-23-13-8-3-2-7-12(13)21-14(20-24-15(21)22)10-5-4-6-11(9-10)16(17,18)19/h2-9H,1H3. The third-order valence-corrected chi connectivity index (χ3v) is 3.38. The Balaban J connectivity index is 2.21. The Morgan fingerprint density at radius 1 is 1.12 bits per heavy atom. The molecule has 0 spiro atoms. The van der Waals surface area contributed by atoms with Gasteiger partial charge in [0.05, 0.1) is 18.4 Å². The van der Waals surface area contributed by atoms with E-state index in [-0.39, 0.29) is 11.4 Å². The van der Waals surface area contributed by atoms with Gasteiger partial charge >= 0.3 is 11.9 Å². The number of benzene rings is 2. The fourth-order valence-corrected chi connectivity index (χ4v) is 2.29. The summed E-state index contributed by atoms with van der Waals surface area (Å²) in [7, 11) is 1.42. The molecular formula is C16H11F3N2O3. The van der Waals surface area contributed by atoms with E-state index in [0.29, 0.717) is 11.4 Å². The fraction of sp³-hybridized carbons (Fsp3) is 0.125. The Morgan fingerprint density at radius 3 is 2.58 bits per heavy atom. The second-order valence-electron chi connectivity index (χ2n) is 4.86. The normalized spacial score (nSPS) is 11.5. The van der Waals surface area contributed by atoms with Crippen molar-refractivity contribution in [2.24, 2.45) is 0 Å². The van der Waals surface area contributed by atoms with Crippen LogP contribution in [0.25, 0.3) is 17.1 Å². The first-order chi connectivity index (χ1) is 11.4. The van der Waals surface area contributed by atoms with Crippen LogP contribution < -0.4 is 10.5 Å². The van der Waals surface area contributed by atoms with E-state index in [2.05, 4.69) is 9.68 Å². The molecule has 0 fully saturated rings. The number of hydrogen-bond acceptors (Lipinski definition) is 4. The van der Waals surface area contributed by atoms with E-state index in [9.17, 15) is 18.0 Å². The average Bonchev–Trinajstić information content (AvgIpc) is 2.95. The second-order valence-corrected chi connectivity index (χ2v) is 4.86. The monoisotopic (exact) mass is 336 g/mol. The summed E-state index contributed by atoms with van der Waals surface area (Å²) >= 11 is 0. The van der Waals surface area contributed by atoms with Crippen molar-refractivity contribution in [1.29, 1.82) is 0 Å². The van der Waals surface area contributed by atoms with E-state index in [1.807, 2.05) is 0 Å². The van der Waals surface area contributed by atoms with Gasteiger partial charge in [0.1, 0.15) is 5.75 Å².